The van der Waals surface area contributed by atoms with E-state index in [2.05, 4.69) is 61.5 Å². The Morgan fingerprint density at radius 1 is 1.04 bits per heavy atom. The van der Waals surface area contributed by atoms with Gasteiger partial charge in [0.15, 0.2) is 5.65 Å². The molecule has 1 aliphatic heterocycles. The minimum Gasteiger partial charge on any atom is -0.385 e. The van der Waals surface area contributed by atoms with E-state index in [1.165, 1.54) is 0 Å². The molecule has 1 fully saturated rings. The van der Waals surface area contributed by atoms with Crippen LogP contribution in [0, 0.1) is 30.1 Å². The Kier molecular flexibility index (Phi) is 10.2. The molecular formula is C39H43N9O2. The Balaban J connectivity index is 1.21. The Bertz CT molecular complexity index is 2100. The number of aryl methyl sites for hydroxylation is 2. The molecule has 50 heavy (non-hydrogen) atoms. The maximum atomic E-state index is 13.6. The van der Waals surface area contributed by atoms with Crippen molar-refractivity contribution in [1.82, 2.24) is 24.1 Å². The molecule has 0 radical (unpaired) electrons. The van der Waals surface area contributed by atoms with Gasteiger partial charge in [-0.15, -0.1) is 0 Å². The van der Waals surface area contributed by atoms with Crippen molar-refractivity contribution in [2.75, 3.05) is 62.5 Å². The van der Waals surface area contributed by atoms with Gasteiger partial charge in [-0.2, -0.15) is 10.4 Å². The van der Waals surface area contributed by atoms with Gasteiger partial charge in [0.05, 0.1) is 35.3 Å². The van der Waals surface area contributed by atoms with E-state index in [4.69, 9.17) is 4.74 Å². The molecule has 11 heteroatoms. The van der Waals surface area contributed by atoms with Crippen LogP contribution < -0.4 is 15.5 Å². The zero-order valence-corrected chi connectivity index (χ0v) is 29.3. The van der Waals surface area contributed by atoms with Crippen molar-refractivity contribution in [1.29, 1.82) is 5.26 Å². The summed E-state index contributed by atoms with van der Waals surface area (Å²) in [4.78, 5) is 22.9. The molecule has 0 bridgehead atoms. The van der Waals surface area contributed by atoms with Crippen molar-refractivity contribution in [2.45, 2.75) is 39.2 Å². The molecule has 2 aromatic carbocycles. The minimum atomic E-state index is -0.712. The van der Waals surface area contributed by atoms with Gasteiger partial charge in [-0.3, -0.25) is 13.9 Å². The number of imidazole rings is 1. The van der Waals surface area contributed by atoms with Gasteiger partial charge >= 0.3 is 0 Å². The van der Waals surface area contributed by atoms with Crippen LogP contribution in [0.2, 0.25) is 0 Å². The van der Waals surface area contributed by atoms with Crippen molar-refractivity contribution in [3.05, 3.63) is 101 Å². The number of piperazine rings is 1. The van der Waals surface area contributed by atoms with Gasteiger partial charge in [-0.05, 0) is 93.8 Å². The average Bonchev–Trinajstić information content (AvgIpc) is 3.75. The number of aromatic nitrogens is 4. The molecule has 3 aromatic heterocycles. The second-order valence-electron chi connectivity index (χ2n) is 13.3. The molecule has 0 unspecified atom stereocenters. The Labute approximate surface area is 293 Å². The van der Waals surface area contributed by atoms with E-state index in [9.17, 15) is 10.1 Å². The third-order valence-corrected chi connectivity index (χ3v) is 9.05. The second kappa shape index (κ2) is 14.9. The number of hydrogen-bond acceptors (Lipinski definition) is 8. The fraction of sp³-hybridized carbons (Fsp3) is 0.333. The lowest BCUT2D eigenvalue weighted by atomic mass is 9.85. The molecule has 1 amide bonds. The highest BCUT2D eigenvalue weighted by Gasteiger charge is 2.24. The number of carbonyl (C=O) groups excluding carboxylic acids is 1. The van der Waals surface area contributed by atoms with Gasteiger partial charge in [0.25, 0.3) is 5.91 Å². The number of ether oxygens (including phenoxy) is 1. The smallest absolute Gasteiger partial charge is 0.255 e. The van der Waals surface area contributed by atoms with E-state index in [0.717, 1.165) is 84.2 Å². The van der Waals surface area contributed by atoms with E-state index in [1.54, 1.807) is 19.5 Å². The molecule has 6 rings (SSSR count). The Morgan fingerprint density at radius 3 is 2.64 bits per heavy atom. The standard InChI is InChI=1S/C39H43N9O2/c1-28-9-10-30(38(49)44-32-21-31(39(2,3)27-40)22-35(23-32)46-17-15-45(4)16-18-46)20-29(28)11-12-34-25-41-37-36(8-6-14-48(34)37)43-33-24-42-47(26-33)13-7-19-50-5/h6,8-10,14,20-26,43H,7,13,15-19H2,1-5H3,(H,44,49). The summed E-state index contributed by atoms with van der Waals surface area (Å²) in [6.45, 7) is 10.9. The first-order valence-corrected chi connectivity index (χ1v) is 16.8. The first-order chi connectivity index (χ1) is 24.1. The maximum Gasteiger partial charge on any atom is 0.255 e. The quantitative estimate of drug-likeness (QED) is 0.141. The van der Waals surface area contributed by atoms with Crippen molar-refractivity contribution in [3.63, 3.8) is 0 Å². The fourth-order valence-electron chi connectivity index (χ4n) is 5.87. The normalized spacial score (nSPS) is 13.5. The first kappa shape index (κ1) is 34.3. The number of pyridine rings is 1. The number of methoxy groups -OCH3 is 1. The van der Waals surface area contributed by atoms with Gasteiger partial charge in [0.1, 0.15) is 5.69 Å². The third-order valence-electron chi connectivity index (χ3n) is 9.05. The third kappa shape index (κ3) is 7.81. The van der Waals surface area contributed by atoms with Crippen LogP contribution in [0.3, 0.4) is 0 Å². The zero-order valence-electron chi connectivity index (χ0n) is 29.3. The molecule has 0 atom stereocenters. The number of anilines is 4. The number of nitrogens with zero attached hydrogens (tertiary/aromatic N) is 7. The highest BCUT2D eigenvalue weighted by atomic mass is 16.5. The lowest BCUT2D eigenvalue weighted by Gasteiger charge is -2.35. The van der Waals surface area contributed by atoms with Gasteiger partial charge in [0, 0.05) is 81.3 Å². The fourth-order valence-corrected chi connectivity index (χ4v) is 5.87. The highest BCUT2D eigenvalue weighted by molar-refractivity contribution is 6.05. The SMILES string of the molecule is COCCCn1cc(Nc2cccn3c(C#Cc4cc(C(=O)Nc5cc(N6CCN(C)CC6)cc(C(C)(C)C#N)c5)ccc4C)cnc23)cn1. The minimum absolute atomic E-state index is 0.239. The summed E-state index contributed by atoms with van der Waals surface area (Å²) in [5.41, 5.74) is 7.20. The average molecular weight is 670 g/mol. The van der Waals surface area contributed by atoms with Crippen molar-refractivity contribution in [2.24, 2.45) is 0 Å². The summed E-state index contributed by atoms with van der Waals surface area (Å²) < 4.78 is 8.97. The number of hydrogen-bond donors (Lipinski definition) is 2. The summed E-state index contributed by atoms with van der Waals surface area (Å²) in [6, 6.07) is 17.8. The summed E-state index contributed by atoms with van der Waals surface area (Å²) in [5, 5.41) is 20.8. The van der Waals surface area contributed by atoms with Crippen LogP contribution in [0.15, 0.2) is 73.3 Å². The summed E-state index contributed by atoms with van der Waals surface area (Å²) in [6.07, 6.45) is 8.32. The van der Waals surface area contributed by atoms with E-state index >= 15 is 0 Å². The van der Waals surface area contributed by atoms with Crippen LogP contribution in [0.25, 0.3) is 5.65 Å². The zero-order chi connectivity index (χ0) is 35.3. The van der Waals surface area contributed by atoms with Crippen LogP contribution in [0.1, 0.15) is 53.0 Å². The molecule has 5 aromatic rings. The lowest BCUT2D eigenvalue weighted by molar-refractivity contribution is 0.102. The molecule has 2 N–H and O–H groups in total. The monoisotopic (exact) mass is 669 g/mol. The summed E-state index contributed by atoms with van der Waals surface area (Å²) in [7, 11) is 3.82. The maximum absolute atomic E-state index is 13.6. The highest BCUT2D eigenvalue weighted by Crippen LogP contribution is 2.31. The first-order valence-electron chi connectivity index (χ1n) is 16.8. The van der Waals surface area contributed by atoms with Crippen LogP contribution in [-0.4, -0.2) is 76.9 Å². The molecule has 4 heterocycles. The van der Waals surface area contributed by atoms with E-state index in [-0.39, 0.29) is 5.91 Å². The number of likely N-dealkylation sites (N-methyl/N-ethyl adjacent to an activating group) is 1. The van der Waals surface area contributed by atoms with Gasteiger partial charge < -0.3 is 25.2 Å². The largest absolute Gasteiger partial charge is 0.385 e. The molecular weight excluding hydrogens is 626 g/mol. The van der Waals surface area contributed by atoms with Crippen LogP contribution in [0.5, 0.6) is 0 Å². The van der Waals surface area contributed by atoms with E-state index in [1.807, 2.05) is 84.7 Å². The topological polar surface area (TPSA) is 116 Å². The van der Waals surface area contributed by atoms with Gasteiger partial charge in [-0.25, -0.2) is 4.98 Å². The van der Waals surface area contributed by atoms with Gasteiger partial charge in [0.2, 0.25) is 0 Å². The van der Waals surface area contributed by atoms with E-state index in [0.29, 0.717) is 17.9 Å². The van der Waals surface area contributed by atoms with Crippen molar-refractivity contribution in [3.8, 4) is 17.9 Å². The number of nitriles is 1. The van der Waals surface area contributed by atoms with Crippen molar-refractivity contribution >= 4 is 34.3 Å². The molecule has 0 spiro atoms. The molecule has 256 valence electrons. The Hall–Kier alpha value is -5.62. The second-order valence-corrected chi connectivity index (χ2v) is 13.3. The number of amides is 1. The van der Waals surface area contributed by atoms with Crippen molar-refractivity contribution < 1.29 is 9.53 Å². The van der Waals surface area contributed by atoms with E-state index < -0.39 is 5.41 Å². The number of fused-ring (bicyclic) bond motifs is 1. The van der Waals surface area contributed by atoms with Crippen LogP contribution >= 0.6 is 0 Å². The molecule has 11 nitrogen and oxygen atoms in total. The van der Waals surface area contributed by atoms with Gasteiger partial charge in [-0.1, -0.05) is 12.0 Å². The number of benzene rings is 2. The molecule has 1 aliphatic rings. The summed E-state index contributed by atoms with van der Waals surface area (Å²) in [5.74, 6) is 6.30. The van der Waals surface area contributed by atoms with Crippen LogP contribution in [-0.2, 0) is 16.7 Å². The Morgan fingerprint density at radius 2 is 1.86 bits per heavy atom. The number of rotatable bonds is 10. The molecule has 0 aliphatic carbocycles. The predicted molar refractivity (Wildman–Crippen MR) is 197 cm³/mol. The number of carbonyl (C=O) groups is 1. The lowest BCUT2D eigenvalue weighted by Crippen LogP contribution is -2.44. The predicted octanol–water partition coefficient (Wildman–Crippen LogP) is 5.82. The van der Waals surface area contributed by atoms with Crippen LogP contribution in [0.4, 0.5) is 22.7 Å². The molecule has 0 saturated carbocycles. The molecule has 1 saturated heterocycles. The number of nitrogens with one attached hydrogen (secondary N) is 2. The summed E-state index contributed by atoms with van der Waals surface area (Å²) >= 11 is 0.